The molecule has 0 aliphatic carbocycles. The molecule has 1 amide bonds. The molecule has 1 fully saturated rings. The van der Waals surface area contributed by atoms with Gasteiger partial charge in [0.2, 0.25) is 5.91 Å². The number of benzene rings is 2. The predicted molar refractivity (Wildman–Crippen MR) is 111 cm³/mol. The van der Waals surface area contributed by atoms with Gasteiger partial charge in [-0.15, -0.1) is 0 Å². The smallest absolute Gasteiger partial charge is 0.225 e. The lowest BCUT2D eigenvalue weighted by Crippen LogP contribution is -2.42. The minimum Gasteiger partial charge on any atom is -0.493 e. The minimum atomic E-state index is 0.216. The molecule has 2 aromatic carbocycles. The van der Waals surface area contributed by atoms with Gasteiger partial charge in [0.15, 0.2) is 0 Å². The second kappa shape index (κ2) is 9.75. The van der Waals surface area contributed by atoms with E-state index in [4.69, 9.17) is 4.74 Å². The van der Waals surface area contributed by atoms with Crippen LogP contribution < -0.4 is 4.74 Å². The molecule has 0 unspecified atom stereocenters. The third-order valence-corrected chi connectivity index (χ3v) is 5.64. The summed E-state index contributed by atoms with van der Waals surface area (Å²) in [7, 11) is 0. The number of likely N-dealkylation sites (tertiary alicyclic amines) is 1. The first-order valence-electron chi connectivity index (χ1n) is 10.3. The molecule has 1 saturated heterocycles. The summed E-state index contributed by atoms with van der Waals surface area (Å²) < 4.78 is 6.04. The largest absolute Gasteiger partial charge is 0.493 e. The molecule has 3 rings (SSSR count). The number of hydrogen-bond acceptors (Lipinski definition) is 3. The second-order valence-electron chi connectivity index (χ2n) is 7.31. The van der Waals surface area contributed by atoms with Crippen LogP contribution >= 0.6 is 0 Å². The molecule has 4 nitrogen and oxygen atoms in total. The third kappa shape index (κ3) is 5.01. The van der Waals surface area contributed by atoms with Crippen LogP contribution in [0.2, 0.25) is 0 Å². The summed E-state index contributed by atoms with van der Waals surface area (Å²) in [4.78, 5) is 16.9. The van der Waals surface area contributed by atoms with Crippen molar-refractivity contribution in [3.05, 3.63) is 42.5 Å². The van der Waals surface area contributed by atoms with Crippen molar-refractivity contribution in [3.63, 3.8) is 0 Å². The standard InChI is InChI=1S/C23H32N2O2/c1-3-25(4-2)23(26)20-13-16-24(17-14-20)15-8-18-27-22-12-7-10-19-9-5-6-11-21(19)22/h5-7,9-12,20H,3-4,8,13-18H2,1-2H3. The summed E-state index contributed by atoms with van der Waals surface area (Å²) in [6.07, 6.45) is 2.98. The van der Waals surface area contributed by atoms with Crippen LogP contribution in [0.15, 0.2) is 42.5 Å². The van der Waals surface area contributed by atoms with E-state index in [1.807, 2.05) is 11.0 Å². The van der Waals surface area contributed by atoms with Gasteiger partial charge in [-0.05, 0) is 57.7 Å². The van der Waals surface area contributed by atoms with Crippen LogP contribution in [0.25, 0.3) is 10.8 Å². The summed E-state index contributed by atoms with van der Waals surface area (Å²) in [5.41, 5.74) is 0. The number of ether oxygens (including phenoxy) is 1. The van der Waals surface area contributed by atoms with E-state index in [1.54, 1.807) is 0 Å². The van der Waals surface area contributed by atoms with E-state index in [1.165, 1.54) is 10.8 Å². The van der Waals surface area contributed by atoms with Crippen molar-refractivity contribution in [1.82, 2.24) is 9.80 Å². The molecule has 0 radical (unpaired) electrons. The summed E-state index contributed by atoms with van der Waals surface area (Å²) in [6.45, 7) is 9.57. The van der Waals surface area contributed by atoms with E-state index >= 15 is 0 Å². The molecule has 0 bridgehead atoms. The first-order chi connectivity index (χ1) is 13.2. The molecule has 1 aliphatic heterocycles. The quantitative estimate of drug-likeness (QED) is 0.655. The molecule has 0 saturated carbocycles. The number of rotatable bonds is 8. The Morgan fingerprint density at radius 1 is 1.07 bits per heavy atom. The second-order valence-corrected chi connectivity index (χ2v) is 7.31. The fraction of sp³-hybridized carbons (Fsp3) is 0.522. The van der Waals surface area contributed by atoms with Crippen molar-refractivity contribution >= 4 is 16.7 Å². The minimum absolute atomic E-state index is 0.216. The van der Waals surface area contributed by atoms with Gasteiger partial charge in [-0.1, -0.05) is 36.4 Å². The van der Waals surface area contributed by atoms with Crippen LogP contribution in [0.4, 0.5) is 0 Å². The van der Waals surface area contributed by atoms with Crippen LogP contribution in [0.1, 0.15) is 33.1 Å². The Kier molecular flexibility index (Phi) is 7.11. The van der Waals surface area contributed by atoms with Gasteiger partial charge in [0, 0.05) is 30.9 Å². The van der Waals surface area contributed by atoms with E-state index in [0.717, 1.165) is 64.3 Å². The van der Waals surface area contributed by atoms with Crippen molar-refractivity contribution < 1.29 is 9.53 Å². The molecule has 1 heterocycles. The van der Waals surface area contributed by atoms with E-state index < -0.39 is 0 Å². The number of carbonyl (C=O) groups excluding carboxylic acids is 1. The van der Waals surface area contributed by atoms with Gasteiger partial charge in [0.25, 0.3) is 0 Å². The van der Waals surface area contributed by atoms with Crippen molar-refractivity contribution in [2.24, 2.45) is 5.92 Å². The number of fused-ring (bicyclic) bond motifs is 1. The fourth-order valence-electron chi connectivity index (χ4n) is 3.99. The number of piperidine rings is 1. The third-order valence-electron chi connectivity index (χ3n) is 5.64. The zero-order chi connectivity index (χ0) is 19.1. The van der Waals surface area contributed by atoms with Gasteiger partial charge in [-0.3, -0.25) is 4.79 Å². The zero-order valence-corrected chi connectivity index (χ0v) is 16.7. The molecule has 146 valence electrons. The molecular weight excluding hydrogens is 336 g/mol. The average molecular weight is 369 g/mol. The highest BCUT2D eigenvalue weighted by atomic mass is 16.5. The maximum absolute atomic E-state index is 12.5. The molecule has 0 aromatic heterocycles. The van der Waals surface area contributed by atoms with E-state index in [0.29, 0.717) is 5.91 Å². The summed E-state index contributed by atoms with van der Waals surface area (Å²) in [6, 6.07) is 14.6. The lowest BCUT2D eigenvalue weighted by Gasteiger charge is -2.33. The molecule has 4 heteroatoms. The highest BCUT2D eigenvalue weighted by Crippen LogP contribution is 2.25. The molecule has 0 N–H and O–H groups in total. The van der Waals surface area contributed by atoms with Crippen molar-refractivity contribution in [2.45, 2.75) is 33.1 Å². The monoisotopic (exact) mass is 368 g/mol. The lowest BCUT2D eigenvalue weighted by molar-refractivity contribution is -0.136. The first-order valence-corrected chi connectivity index (χ1v) is 10.3. The van der Waals surface area contributed by atoms with Crippen LogP contribution in [-0.2, 0) is 4.79 Å². The van der Waals surface area contributed by atoms with Gasteiger partial charge in [-0.2, -0.15) is 0 Å². The van der Waals surface area contributed by atoms with E-state index in [-0.39, 0.29) is 5.92 Å². The van der Waals surface area contributed by atoms with Crippen LogP contribution in [0.5, 0.6) is 5.75 Å². The molecular formula is C23H32N2O2. The van der Waals surface area contributed by atoms with Crippen molar-refractivity contribution in [2.75, 3.05) is 39.3 Å². The zero-order valence-electron chi connectivity index (χ0n) is 16.7. The SMILES string of the molecule is CCN(CC)C(=O)C1CCN(CCCOc2cccc3ccccc23)CC1. The topological polar surface area (TPSA) is 32.8 Å². The Morgan fingerprint density at radius 3 is 2.52 bits per heavy atom. The van der Waals surface area contributed by atoms with Gasteiger partial charge < -0.3 is 14.5 Å². The van der Waals surface area contributed by atoms with Crippen molar-refractivity contribution in [3.8, 4) is 5.75 Å². The van der Waals surface area contributed by atoms with Gasteiger partial charge in [0.1, 0.15) is 5.75 Å². The normalized spacial score (nSPS) is 15.8. The van der Waals surface area contributed by atoms with Crippen LogP contribution in [0.3, 0.4) is 0 Å². The van der Waals surface area contributed by atoms with Gasteiger partial charge >= 0.3 is 0 Å². The molecule has 0 spiro atoms. The predicted octanol–water partition coefficient (Wildman–Crippen LogP) is 4.19. The van der Waals surface area contributed by atoms with Crippen LogP contribution in [0, 0.1) is 5.92 Å². The number of carbonyl (C=O) groups is 1. The maximum Gasteiger partial charge on any atom is 0.225 e. The molecule has 1 aliphatic rings. The molecule has 2 aromatic rings. The Hall–Kier alpha value is -2.07. The van der Waals surface area contributed by atoms with E-state index in [9.17, 15) is 4.79 Å². The van der Waals surface area contributed by atoms with Gasteiger partial charge in [0.05, 0.1) is 6.61 Å². The fourth-order valence-corrected chi connectivity index (χ4v) is 3.99. The summed E-state index contributed by atoms with van der Waals surface area (Å²) in [5, 5.41) is 2.39. The highest BCUT2D eigenvalue weighted by molar-refractivity contribution is 5.88. The number of amides is 1. The average Bonchev–Trinajstić information content (AvgIpc) is 2.72. The first kappa shape index (κ1) is 19.7. The molecule has 0 atom stereocenters. The number of hydrogen-bond donors (Lipinski definition) is 0. The molecule has 27 heavy (non-hydrogen) atoms. The summed E-state index contributed by atoms with van der Waals surface area (Å²) in [5.74, 6) is 1.53. The van der Waals surface area contributed by atoms with E-state index in [2.05, 4.69) is 55.1 Å². The Bertz CT molecular complexity index is 729. The highest BCUT2D eigenvalue weighted by Gasteiger charge is 2.27. The van der Waals surface area contributed by atoms with Crippen LogP contribution in [-0.4, -0.2) is 55.0 Å². The summed E-state index contributed by atoms with van der Waals surface area (Å²) >= 11 is 0. The Morgan fingerprint density at radius 2 is 1.78 bits per heavy atom. The Balaban J connectivity index is 1.40. The van der Waals surface area contributed by atoms with Crippen molar-refractivity contribution in [1.29, 1.82) is 0 Å². The number of nitrogens with zero attached hydrogens (tertiary/aromatic N) is 2. The Labute approximate surface area is 163 Å². The lowest BCUT2D eigenvalue weighted by atomic mass is 9.95. The maximum atomic E-state index is 12.5. The van der Waals surface area contributed by atoms with Gasteiger partial charge in [-0.25, -0.2) is 0 Å².